The number of hydrogen-bond acceptors (Lipinski definition) is 6. The smallest absolute Gasteiger partial charge is 0.626 e. The van der Waals surface area contributed by atoms with E-state index < -0.39 is 7.11 Å². The summed E-state index contributed by atoms with van der Waals surface area (Å²) in [5.41, 5.74) is 8.37. The Bertz CT molecular complexity index is 2250. The second-order valence-electron chi connectivity index (χ2n) is 12.3. The van der Waals surface area contributed by atoms with Crippen molar-refractivity contribution in [2.24, 2.45) is 10.3 Å². The minimum Gasteiger partial charge on any atom is -0.626 e. The molecule has 0 fully saturated rings. The molecule has 50 heavy (non-hydrogen) atoms. The topological polar surface area (TPSA) is 108 Å². The molecule has 3 aromatic heterocycles. The average molecular weight is 677 g/mol. The largest absolute Gasteiger partial charge is 0.726 e. The molecule has 0 atom stereocenters. The Hall–Kier alpha value is -5.59. The lowest BCUT2D eigenvalue weighted by molar-refractivity contribution is -0.547. The third-order valence-corrected chi connectivity index (χ3v) is 9.10. The molecule has 0 amide bonds. The monoisotopic (exact) mass is 676 g/mol. The fourth-order valence-corrected chi connectivity index (χ4v) is 6.86. The lowest BCUT2D eigenvalue weighted by Gasteiger charge is -2.34. The van der Waals surface area contributed by atoms with Crippen molar-refractivity contribution in [3.8, 4) is 11.4 Å². The highest BCUT2D eigenvalue weighted by atomic mass is 19.3. The van der Waals surface area contributed by atoms with Crippen LogP contribution >= 0.6 is 0 Å². The highest BCUT2D eigenvalue weighted by Crippen LogP contribution is 2.37. The summed E-state index contributed by atoms with van der Waals surface area (Å²) < 4.78 is 45.1. The fourth-order valence-electron chi connectivity index (χ4n) is 6.86. The zero-order valence-corrected chi connectivity index (χ0v) is 28.6. The molecule has 7 rings (SSSR count). The van der Waals surface area contributed by atoms with Gasteiger partial charge in [-0.1, -0.05) is 93.6 Å². The van der Waals surface area contributed by atoms with E-state index in [1.807, 2.05) is 101 Å². The molecule has 0 saturated carbocycles. The van der Waals surface area contributed by atoms with Crippen molar-refractivity contribution in [2.45, 2.75) is 66.5 Å². The molecule has 0 bridgehead atoms. The van der Waals surface area contributed by atoms with Gasteiger partial charge >= 0.3 is 7.11 Å². The van der Waals surface area contributed by atoms with Gasteiger partial charge in [-0.25, -0.2) is 4.68 Å². The molecular weight excluding hydrogens is 637 g/mol. The molecule has 13 heteroatoms. The first-order chi connectivity index (χ1) is 24.3. The summed E-state index contributed by atoms with van der Waals surface area (Å²) >= 11 is 0. The molecule has 0 saturated heterocycles. The van der Waals surface area contributed by atoms with E-state index in [4.69, 9.17) is 9.31 Å². The first-order valence-electron chi connectivity index (χ1n) is 17.1. The number of aromatic amines is 2. The Morgan fingerprint density at radius 1 is 0.760 bits per heavy atom. The quantitative estimate of drug-likeness (QED) is 0.135. The Morgan fingerprint density at radius 3 is 2.08 bits per heavy atom. The first-order valence-corrected chi connectivity index (χ1v) is 17.1. The Kier molecular flexibility index (Phi) is 9.05. The molecule has 2 aliphatic rings. The number of hydrogen-bond donors (Lipinski definition) is 2. The van der Waals surface area contributed by atoms with Crippen LogP contribution in [0.1, 0.15) is 66.8 Å². The molecular formula is C37H39BF2N8O2. The Balaban J connectivity index is 1.33. The number of nitrogens with one attached hydrogen (secondary N) is 2. The predicted molar refractivity (Wildman–Crippen MR) is 189 cm³/mol. The molecule has 0 spiro atoms. The summed E-state index contributed by atoms with van der Waals surface area (Å²) in [6.45, 7) is 9.19. The number of H-pyrrole nitrogens is 2. The van der Waals surface area contributed by atoms with E-state index in [0.717, 1.165) is 44.4 Å². The van der Waals surface area contributed by atoms with Gasteiger partial charge in [0.15, 0.2) is 6.21 Å². The van der Waals surface area contributed by atoms with Crippen LogP contribution in [0.4, 0.5) is 8.63 Å². The van der Waals surface area contributed by atoms with Crippen LogP contribution in [0.2, 0.25) is 0 Å². The molecule has 2 aliphatic heterocycles. The van der Waals surface area contributed by atoms with Gasteiger partial charge in [0.05, 0.1) is 34.6 Å². The van der Waals surface area contributed by atoms with Gasteiger partial charge < -0.3 is 27.9 Å². The van der Waals surface area contributed by atoms with Crippen LogP contribution in [-0.4, -0.2) is 43.0 Å². The minimum absolute atomic E-state index is 0.00999. The maximum atomic E-state index is 15.5. The summed E-state index contributed by atoms with van der Waals surface area (Å²) in [7, 11) is -4.69. The van der Waals surface area contributed by atoms with E-state index in [2.05, 4.69) is 30.6 Å². The van der Waals surface area contributed by atoms with Crippen molar-refractivity contribution in [1.82, 2.24) is 25.0 Å². The van der Waals surface area contributed by atoms with Gasteiger partial charge in [0.2, 0.25) is 0 Å². The molecule has 5 aromatic rings. The maximum absolute atomic E-state index is 15.5. The molecule has 2 N–H and O–H groups in total. The SMILES string of the molecule is CCc1c(C2=C/C(=c3\[nH]/c(=C4/C=[N+](Cc5ccccc5)N=N4)c(CC)c3CC)O[B-](F)(F)O2)[nH]c(-c2cn(Cc3ccccc3)nn2)c1CC. The minimum atomic E-state index is -4.69. The second-order valence-corrected chi connectivity index (χ2v) is 12.3. The highest BCUT2D eigenvalue weighted by Gasteiger charge is 2.40. The van der Waals surface area contributed by atoms with Gasteiger partial charge in [-0.15, -0.1) is 9.78 Å². The van der Waals surface area contributed by atoms with Gasteiger partial charge in [0.25, 0.3) is 5.70 Å². The van der Waals surface area contributed by atoms with Crippen LogP contribution in [0.25, 0.3) is 28.6 Å². The molecule has 0 unspecified atom stereocenters. The predicted octanol–water partition coefficient (Wildman–Crippen LogP) is 6.24. The van der Waals surface area contributed by atoms with Crippen LogP contribution in [-0.2, 0) is 48.1 Å². The number of benzene rings is 2. The van der Waals surface area contributed by atoms with E-state index >= 15 is 8.63 Å². The highest BCUT2D eigenvalue weighted by molar-refractivity contribution is 6.54. The lowest BCUT2D eigenvalue weighted by atomic mass is 10.00. The molecule has 0 radical (unpaired) electrons. The van der Waals surface area contributed by atoms with Crippen LogP contribution in [0.5, 0.6) is 0 Å². The third-order valence-electron chi connectivity index (χ3n) is 9.10. The van der Waals surface area contributed by atoms with Crippen LogP contribution in [0, 0.1) is 0 Å². The van der Waals surface area contributed by atoms with Crippen molar-refractivity contribution < 1.29 is 22.6 Å². The van der Waals surface area contributed by atoms with E-state index in [9.17, 15) is 0 Å². The number of nitrogens with zero attached hydrogens (tertiary/aromatic N) is 6. The van der Waals surface area contributed by atoms with Gasteiger partial charge in [0.1, 0.15) is 34.3 Å². The third kappa shape index (κ3) is 6.42. The van der Waals surface area contributed by atoms with Crippen molar-refractivity contribution in [1.29, 1.82) is 0 Å². The molecule has 0 aliphatic carbocycles. The summed E-state index contributed by atoms with van der Waals surface area (Å²) in [5, 5.41) is 18.8. The normalized spacial score (nSPS) is 17.4. The van der Waals surface area contributed by atoms with Crippen molar-refractivity contribution in [2.75, 3.05) is 0 Å². The molecule has 256 valence electrons. The van der Waals surface area contributed by atoms with Crippen molar-refractivity contribution in [3.05, 3.63) is 123 Å². The molecule has 2 aromatic carbocycles. The first kappa shape index (κ1) is 32.9. The van der Waals surface area contributed by atoms with Crippen molar-refractivity contribution >= 4 is 30.5 Å². The number of aromatic nitrogens is 5. The fraction of sp³-hybridized carbons (Fsp3) is 0.270. The van der Waals surface area contributed by atoms with E-state index in [1.165, 1.54) is 0 Å². The van der Waals surface area contributed by atoms with Gasteiger partial charge in [-0.05, 0) is 59.1 Å². The summed E-state index contributed by atoms with van der Waals surface area (Å²) in [6, 6.07) is 20.0. The van der Waals surface area contributed by atoms with Crippen LogP contribution < -0.4 is 10.7 Å². The zero-order chi connectivity index (χ0) is 34.8. The lowest BCUT2D eigenvalue weighted by Crippen LogP contribution is -2.36. The summed E-state index contributed by atoms with van der Waals surface area (Å²) in [5.74, 6) is 0.0200. The van der Waals surface area contributed by atoms with E-state index in [1.54, 1.807) is 15.4 Å². The van der Waals surface area contributed by atoms with E-state index in [-0.39, 0.29) is 11.5 Å². The Morgan fingerprint density at radius 2 is 1.40 bits per heavy atom. The second kappa shape index (κ2) is 13.7. The van der Waals surface area contributed by atoms with Crippen LogP contribution in [0.15, 0.2) is 83.3 Å². The van der Waals surface area contributed by atoms with Gasteiger partial charge in [-0.3, -0.25) is 0 Å². The summed E-state index contributed by atoms with van der Waals surface area (Å²) in [4.78, 5) is 6.80. The van der Waals surface area contributed by atoms with E-state index in [0.29, 0.717) is 61.2 Å². The maximum Gasteiger partial charge on any atom is 0.726 e. The average Bonchev–Trinajstić information content (AvgIpc) is 3.92. The molecule has 5 heterocycles. The van der Waals surface area contributed by atoms with Crippen LogP contribution in [0.3, 0.4) is 0 Å². The standard InChI is InChI=1S/C37H38BF2N8O2/c1-5-26-28(7-3)36(41-34(26)30-22-47(45-43-30)20-24-15-11-9-12-16-24)32-19-33(50-38(39,40)49-32)37-29(8-4)27(6-2)35(42-37)31-23-48(46-44-31)21-25-17-13-10-14-18-25/h9-19,22-23H,5-8,20-21H2,1-4H3,(H,41,42)/q-1/p+1. The van der Waals surface area contributed by atoms with Gasteiger partial charge in [-0.2, -0.15) is 0 Å². The van der Waals surface area contributed by atoms with Crippen molar-refractivity contribution in [3.63, 3.8) is 0 Å². The number of rotatable bonds is 10. The van der Waals surface area contributed by atoms with Gasteiger partial charge in [0, 0.05) is 6.08 Å². The zero-order valence-electron chi connectivity index (χ0n) is 28.6. The number of halogens is 2. The summed E-state index contributed by atoms with van der Waals surface area (Å²) in [6.07, 6.45) is 7.79. The Labute approximate surface area is 288 Å². The molecule has 10 nitrogen and oxygen atoms in total.